The zero-order valence-corrected chi connectivity index (χ0v) is 15.8. The molecule has 0 saturated heterocycles. The van der Waals surface area contributed by atoms with Crippen LogP contribution in [0, 0.1) is 0 Å². The van der Waals surface area contributed by atoms with Crippen molar-refractivity contribution in [2.24, 2.45) is 0 Å². The van der Waals surface area contributed by atoms with Crippen LogP contribution in [-0.4, -0.2) is 25.4 Å². The van der Waals surface area contributed by atoms with Crippen LogP contribution in [0.1, 0.15) is 31.9 Å². The van der Waals surface area contributed by atoms with Crippen molar-refractivity contribution >= 4 is 12.2 Å². The molecule has 0 saturated carbocycles. The molecule has 0 radical (unpaired) electrons. The molecule has 2 rings (SSSR count). The quantitative estimate of drug-likeness (QED) is 0.515. The molecule has 2 aromatic rings. The van der Waals surface area contributed by atoms with Gasteiger partial charge in [0.05, 0.1) is 13.7 Å². The van der Waals surface area contributed by atoms with Crippen molar-refractivity contribution in [3.8, 4) is 23.0 Å². The number of rotatable bonds is 8. The number of methoxy groups -OCH3 is 1. The molecule has 26 heavy (non-hydrogen) atoms. The molecule has 138 valence electrons. The molecule has 0 aliphatic carbocycles. The largest absolute Gasteiger partial charge is 0.504 e. The highest BCUT2D eigenvalue weighted by molar-refractivity contribution is 5.72. The molecule has 0 aromatic heterocycles. The second-order valence-electron chi connectivity index (χ2n) is 6.03. The lowest BCUT2D eigenvalue weighted by Crippen LogP contribution is -1.95. The smallest absolute Gasteiger partial charge is 0.161 e. The van der Waals surface area contributed by atoms with Gasteiger partial charge < -0.3 is 19.3 Å². The third-order valence-electron chi connectivity index (χ3n) is 3.63. The van der Waals surface area contributed by atoms with E-state index in [1.54, 1.807) is 13.2 Å². The second-order valence-corrected chi connectivity index (χ2v) is 6.03. The van der Waals surface area contributed by atoms with Gasteiger partial charge in [0.2, 0.25) is 0 Å². The number of allylic oxidation sites excluding steroid dienone is 1. The van der Waals surface area contributed by atoms with Gasteiger partial charge in [-0.05, 0) is 62.2 Å². The van der Waals surface area contributed by atoms with Crippen LogP contribution < -0.4 is 14.2 Å². The standard InChI is InChI=1S/C22H26O4/c1-5-25-22-14-17(8-9-21(22)23)6-7-18-12-19(24-4)15-20(13-18)26-11-10-16(2)3/h6-10,12-15,23H,5,11H2,1-4H3/b7-6+. The van der Waals surface area contributed by atoms with E-state index in [1.165, 1.54) is 5.57 Å². The molecule has 0 bridgehead atoms. The summed E-state index contributed by atoms with van der Waals surface area (Å²) < 4.78 is 16.6. The number of hydrogen-bond donors (Lipinski definition) is 1. The van der Waals surface area contributed by atoms with Crippen LogP contribution in [0.2, 0.25) is 0 Å². The minimum Gasteiger partial charge on any atom is -0.504 e. The van der Waals surface area contributed by atoms with E-state index >= 15 is 0 Å². The van der Waals surface area contributed by atoms with Gasteiger partial charge in [-0.3, -0.25) is 0 Å². The average molecular weight is 354 g/mol. The third kappa shape index (κ3) is 5.88. The van der Waals surface area contributed by atoms with Crippen molar-refractivity contribution in [3.05, 3.63) is 59.2 Å². The molecular formula is C22H26O4. The summed E-state index contributed by atoms with van der Waals surface area (Å²) in [6.45, 7) is 6.99. The highest BCUT2D eigenvalue weighted by atomic mass is 16.5. The summed E-state index contributed by atoms with van der Waals surface area (Å²) in [7, 11) is 1.64. The zero-order valence-electron chi connectivity index (χ0n) is 15.8. The van der Waals surface area contributed by atoms with Crippen LogP contribution in [0.25, 0.3) is 12.2 Å². The van der Waals surface area contributed by atoms with E-state index in [9.17, 15) is 5.11 Å². The Morgan fingerprint density at radius 1 is 0.962 bits per heavy atom. The summed E-state index contributed by atoms with van der Waals surface area (Å²) in [6, 6.07) is 11.0. The monoisotopic (exact) mass is 354 g/mol. The number of ether oxygens (including phenoxy) is 3. The first-order valence-corrected chi connectivity index (χ1v) is 8.61. The van der Waals surface area contributed by atoms with Gasteiger partial charge in [-0.1, -0.05) is 23.8 Å². The lowest BCUT2D eigenvalue weighted by Gasteiger charge is -2.08. The Hall–Kier alpha value is -2.88. The number of phenolic OH excluding ortho intramolecular Hbond substituents is 1. The lowest BCUT2D eigenvalue weighted by atomic mass is 10.1. The van der Waals surface area contributed by atoms with Gasteiger partial charge in [0, 0.05) is 6.07 Å². The first kappa shape index (κ1) is 19.4. The fourth-order valence-electron chi connectivity index (χ4n) is 2.29. The maximum absolute atomic E-state index is 9.79. The summed E-state index contributed by atoms with van der Waals surface area (Å²) >= 11 is 0. The van der Waals surface area contributed by atoms with Crippen LogP contribution >= 0.6 is 0 Å². The predicted octanol–water partition coefficient (Wildman–Crippen LogP) is 5.31. The van der Waals surface area contributed by atoms with E-state index in [0.29, 0.717) is 19.0 Å². The van der Waals surface area contributed by atoms with Crippen LogP contribution in [0.15, 0.2) is 48.0 Å². The van der Waals surface area contributed by atoms with Gasteiger partial charge >= 0.3 is 0 Å². The topological polar surface area (TPSA) is 47.9 Å². The Bertz CT molecular complexity index is 787. The van der Waals surface area contributed by atoms with Gasteiger partial charge in [0.25, 0.3) is 0 Å². The average Bonchev–Trinajstić information content (AvgIpc) is 2.62. The lowest BCUT2D eigenvalue weighted by molar-refractivity contribution is 0.318. The maximum atomic E-state index is 9.79. The predicted molar refractivity (Wildman–Crippen MR) is 106 cm³/mol. The Kier molecular flexibility index (Phi) is 7.15. The molecule has 0 atom stereocenters. The molecule has 0 spiro atoms. The molecule has 0 fully saturated rings. The minimum absolute atomic E-state index is 0.139. The minimum atomic E-state index is 0.139. The van der Waals surface area contributed by atoms with Crippen molar-refractivity contribution in [2.45, 2.75) is 20.8 Å². The van der Waals surface area contributed by atoms with Gasteiger partial charge in [-0.2, -0.15) is 0 Å². The van der Waals surface area contributed by atoms with E-state index in [4.69, 9.17) is 14.2 Å². The summed E-state index contributed by atoms with van der Waals surface area (Å²) in [5.74, 6) is 2.11. The third-order valence-corrected chi connectivity index (χ3v) is 3.63. The molecule has 4 nitrogen and oxygen atoms in total. The number of aromatic hydroxyl groups is 1. The Morgan fingerprint density at radius 2 is 1.69 bits per heavy atom. The van der Waals surface area contributed by atoms with Crippen LogP contribution in [0.4, 0.5) is 0 Å². The van der Waals surface area contributed by atoms with Crippen LogP contribution in [-0.2, 0) is 0 Å². The fraction of sp³-hybridized carbons (Fsp3) is 0.273. The van der Waals surface area contributed by atoms with Gasteiger partial charge in [-0.25, -0.2) is 0 Å². The van der Waals surface area contributed by atoms with Gasteiger partial charge in [0.1, 0.15) is 18.1 Å². The molecule has 0 heterocycles. The zero-order chi connectivity index (χ0) is 18.9. The first-order chi connectivity index (χ1) is 12.5. The molecule has 0 aliphatic rings. The van der Waals surface area contributed by atoms with Gasteiger partial charge in [-0.15, -0.1) is 0 Å². The molecule has 0 unspecified atom stereocenters. The van der Waals surface area contributed by atoms with E-state index in [1.807, 2.05) is 69.3 Å². The van der Waals surface area contributed by atoms with Crippen LogP contribution in [0.5, 0.6) is 23.0 Å². The summed E-state index contributed by atoms with van der Waals surface area (Å²) in [6.07, 6.45) is 5.95. The Morgan fingerprint density at radius 3 is 2.38 bits per heavy atom. The van der Waals surface area contributed by atoms with Crippen molar-refractivity contribution in [1.29, 1.82) is 0 Å². The summed E-state index contributed by atoms with van der Waals surface area (Å²) in [5, 5.41) is 9.79. The normalized spacial score (nSPS) is 10.6. The molecule has 0 aliphatic heterocycles. The summed E-state index contributed by atoms with van der Waals surface area (Å²) in [4.78, 5) is 0. The number of phenols is 1. The van der Waals surface area contributed by atoms with E-state index in [-0.39, 0.29) is 5.75 Å². The first-order valence-electron chi connectivity index (χ1n) is 8.61. The molecule has 4 heteroatoms. The number of hydrogen-bond acceptors (Lipinski definition) is 4. The highest BCUT2D eigenvalue weighted by Gasteiger charge is 2.03. The molecule has 2 aromatic carbocycles. The van der Waals surface area contributed by atoms with E-state index < -0.39 is 0 Å². The van der Waals surface area contributed by atoms with E-state index in [0.717, 1.165) is 22.6 Å². The van der Waals surface area contributed by atoms with Crippen molar-refractivity contribution in [2.75, 3.05) is 20.3 Å². The van der Waals surface area contributed by atoms with Crippen LogP contribution in [0.3, 0.4) is 0 Å². The van der Waals surface area contributed by atoms with E-state index in [2.05, 4.69) is 0 Å². The van der Waals surface area contributed by atoms with Crippen molar-refractivity contribution < 1.29 is 19.3 Å². The Labute approximate surface area is 155 Å². The van der Waals surface area contributed by atoms with Crippen molar-refractivity contribution in [3.63, 3.8) is 0 Å². The number of benzene rings is 2. The molecule has 0 amide bonds. The van der Waals surface area contributed by atoms with Crippen molar-refractivity contribution in [1.82, 2.24) is 0 Å². The Balaban J connectivity index is 2.20. The SMILES string of the molecule is CCOc1cc(/C=C/c2cc(OC)cc(OCC=C(C)C)c2)ccc1O. The maximum Gasteiger partial charge on any atom is 0.161 e. The summed E-state index contributed by atoms with van der Waals surface area (Å²) in [5.41, 5.74) is 3.11. The second kappa shape index (κ2) is 9.56. The molecule has 1 N–H and O–H groups in total. The fourth-order valence-corrected chi connectivity index (χ4v) is 2.29. The highest BCUT2D eigenvalue weighted by Crippen LogP contribution is 2.28. The van der Waals surface area contributed by atoms with Gasteiger partial charge in [0.15, 0.2) is 11.5 Å². The molecular weight excluding hydrogens is 328 g/mol.